The van der Waals surface area contributed by atoms with E-state index in [4.69, 9.17) is 0 Å². The van der Waals surface area contributed by atoms with E-state index in [1.807, 2.05) is 18.2 Å². The van der Waals surface area contributed by atoms with Gasteiger partial charge in [-0.1, -0.05) is 124 Å². The van der Waals surface area contributed by atoms with Crippen molar-refractivity contribution in [2.45, 2.75) is 63.7 Å². The highest BCUT2D eigenvalue weighted by Gasteiger charge is 2.42. The van der Waals surface area contributed by atoms with E-state index in [1.54, 1.807) is 0 Å². The van der Waals surface area contributed by atoms with Crippen LogP contribution in [-0.2, 0) is 10.8 Å². The quantitative estimate of drug-likeness (QED) is 0.157. The molecule has 0 heterocycles. The fourth-order valence-corrected chi connectivity index (χ4v) is 11.7. The monoisotopic (exact) mass is 822 g/mol. The number of nitrogens with zero attached hydrogens (tertiary/aromatic N) is 4. The number of benzene rings is 8. The van der Waals surface area contributed by atoms with Crippen molar-refractivity contribution in [1.82, 2.24) is 0 Å². The largest absolute Gasteiger partial charge is 0.314 e. The van der Waals surface area contributed by atoms with E-state index in [9.17, 15) is 10.5 Å². The minimum absolute atomic E-state index is 0.0969. The minimum atomic E-state index is -0.149. The molecular formula is C60H46N4. The Bertz CT molecular complexity index is 3510. The molecule has 12 rings (SSSR count). The molecule has 0 saturated heterocycles. The summed E-state index contributed by atoms with van der Waals surface area (Å²) in [6, 6.07) is 53.9. The zero-order valence-corrected chi connectivity index (χ0v) is 36.6. The Kier molecular flexibility index (Phi) is 8.28. The summed E-state index contributed by atoms with van der Waals surface area (Å²) in [6.45, 7) is 9.42. The van der Waals surface area contributed by atoms with Crippen LogP contribution in [0.4, 0.5) is 28.4 Å². The molecule has 0 spiro atoms. The normalized spacial score (nSPS) is 17.5. The molecule has 0 fully saturated rings. The Morgan fingerprint density at radius 3 is 1.89 bits per heavy atom. The number of hydrogen-bond donors (Lipinski definition) is 0. The van der Waals surface area contributed by atoms with Crippen molar-refractivity contribution in [2.24, 2.45) is 0 Å². The van der Waals surface area contributed by atoms with E-state index in [-0.39, 0.29) is 10.8 Å². The summed E-state index contributed by atoms with van der Waals surface area (Å²) in [5.74, 6) is 0.407. The van der Waals surface area contributed by atoms with Gasteiger partial charge < -0.3 is 9.80 Å². The van der Waals surface area contributed by atoms with Crippen molar-refractivity contribution in [2.75, 3.05) is 9.80 Å². The highest BCUT2D eigenvalue weighted by Crippen LogP contribution is 2.56. The first kappa shape index (κ1) is 38.0. The summed E-state index contributed by atoms with van der Waals surface area (Å²) in [7, 11) is 0. The van der Waals surface area contributed by atoms with Gasteiger partial charge in [-0.15, -0.1) is 0 Å². The average Bonchev–Trinajstić information content (AvgIpc) is 3.71. The molecule has 8 aromatic carbocycles. The van der Waals surface area contributed by atoms with Crippen LogP contribution in [0.3, 0.4) is 0 Å². The maximum absolute atomic E-state index is 9.85. The molecule has 0 aromatic heterocycles. The molecule has 1 unspecified atom stereocenters. The topological polar surface area (TPSA) is 54.1 Å². The van der Waals surface area contributed by atoms with Gasteiger partial charge in [-0.2, -0.15) is 10.5 Å². The number of anilines is 5. The molecule has 0 amide bonds. The van der Waals surface area contributed by atoms with Crippen molar-refractivity contribution in [3.05, 3.63) is 209 Å². The Morgan fingerprint density at radius 1 is 0.547 bits per heavy atom. The standard InChI is InChI=1S/C60H46N4/c1-59(2)51-11-7-5-9-45(51)47-29-25-43(33-53(47)59)63(41-21-13-37(35-61)14-22-41)55-31-19-39-18-28-50-56(32-20-40-17-27-49(55)57(39)58(40)50)64(42-23-15-38(36-62)16-24-42)44-26-30-48-46-10-6-8-12-52(46)60(3,4)54(48)34-44/h5-9,11-13,15-21,23-34,46H,10,14,22H2,1-4H3. The highest BCUT2D eigenvalue weighted by molar-refractivity contribution is 6.28. The summed E-state index contributed by atoms with van der Waals surface area (Å²) in [5, 5.41) is 26.9. The van der Waals surface area contributed by atoms with Crippen LogP contribution in [0.5, 0.6) is 0 Å². The van der Waals surface area contributed by atoms with Gasteiger partial charge in [0.15, 0.2) is 0 Å². The van der Waals surface area contributed by atoms with Gasteiger partial charge in [0.1, 0.15) is 0 Å². The van der Waals surface area contributed by atoms with E-state index in [0.717, 1.165) is 46.9 Å². The molecule has 4 aliphatic rings. The molecule has 306 valence electrons. The van der Waals surface area contributed by atoms with Crippen LogP contribution in [0, 0.1) is 22.7 Å². The fraction of sp³-hybridized carbons (Fsp3) is 0.167. The molecule has 0 radical (unpaired) electrons. The summed E-state index contributed by atoms with van der Waals surface area (Å²) in [5.41, 5.74) is 17.4. The first-order valence-corrected chi connectivity index (χ1v) is 22.5. The van der Waals surface area contributed by atoms with Crippen LogP contribution in [0.2, 0.25) is 0 Å². The van der Waals surface area contributed by atoms with Crippen LogP contribution in [0.1, 0.15) is 80.7 Å². The van der Waals surface area contributed by atoms with Crippen LogP contribution in [-0.4, -0.2) is 0 Å². The molecular weight excluding hydrogens is 777 g/mol. The molecule has 0 aliphatic heterocycles. The lowest BCUT2D eigenvalue weighted by molar-refractivity contribution is 0.612. The van der Waals surface area contributed by atoms with Gasteiger partial charge in [0.2, 0.25) is 0 Å². The van der Waals surface area contributed by atoms with Gasteiger partial charge in [0, 0.05) is 55.9 Å². The lowest BCUT2D eigenvalue weighted by Crippen LogP contribution is -2.20. The minimum Gasteiger partial charge on any atom is -0.314 e. The van der Waals surface area contributed by atoms with E-state index in [1.165, 1.54) is 77.0 Å². The van der Waals surface area contributed by atoms with E-state index < -0.39 is 0 Å². The Morgan fingerprint density at radius 2 is 1.19 bits per heavy atom. The smallest absolute Gasteiger partial charge is 0.0991 e. The van der Waals surface area contributed by atoms with Crippen LogP contribution < -0.4 is 9.80 Å². The second kappa shape index (κ2) is 13.9. The van der Waals surface area contributed by atoms with Gasteiger partial charge in [0.25, 0.3) is 0 Å². The maximum atomic E-state index is 9.85. The van der Waals surface area contributed by atoms with Crippen molar-refractivity contribution >= 4 is 60.8 Å². The van der Waals surface area contributed by atoms with Crippen molar-refractivity contribution in [3.63, 3.8) is 0 Å². The van der Waals surface area contributed by atoms with Crippen molar-refractivity contribution in [3.8, 4) is 23.3 Å². The van der Waals surface area contributed by atoms with Gasteiger partial charge >= 0.3 is 0 Å². The van der Waals surface area contributed by atoms with Crippen LogP contribution in [0.15, 0.2) is 181 Å². The molecule has 0 saturated carbocycles. The predicted octanol–water partition coefficient (Wildman–Crippen LogP) is 15.8. The predicted molar refractivity (Wildman–Crippen MR) is 264 cm³/mol. The Hall–Kier alpha value is -7.66. The van der Waals surface area contributed by atoms with Gasteiger partial charge in [-0.05, 0) is 147 Å². The zero-order valence-electron chi connectivity index (χ0n) is 36.6. The van der Waals surface area contributed by atoms with Crippen LogP contribution >= 0.6 is 0 Å². The molecule has 0 N–H and O–H groups in total. The summed E-state index contributed by atoms with van der Waals surface area (Å²) < 4.78 is 0. The first-order valence-electron chi connectivity index (χ1n) is 22.5. The van der Waals surface area contributed by atoms with E-state index in [2.05, 4.69) is 195 Å². The SMILES string of the molecule is CC1(C)C2=CC=CCC2c2ccc(N(c3ccc(C#N)cc3)c3ccc4ccc5c(N(C6=CC=C(C#N)CC6)c6ccc7c(c6)C(C)(C)c6ccccc6-7)ccc6ccc3c4c65)cc21. The maximum Gasteiger partial charge on any atom is 0.0991 e. The van der Waals surface area contributed by atoms with Crippen LogP contribution in [0.25, 0.3) is 43.4 Å². The van der Waals surface area contributed by atoms with Gasteiger partial charge in [-0.25, -0.2) is 0 Å². The second-order valence-corrected chi connectivity index (χ2v) is 19.0. The third kappa shape index (κ3) is 5.46. The summed E-state index contributed by atoms with van der Waals surface area (Å²) in [4.78, 5) is 4.84. The van der Waals surface area contributed by atoms with Gasteiger partial charge in [-0.3, -0.25) is 0 Å². The molecule has 64 heavy (non-hydrogen) atoms. The van der Waals surface area contributed by atoms with E-state index in [0.29, 0.717) is 17.9 Å². The first-order chi connectivity index (χ1) is 31.1. The average molecular weight is 823 g/mol. The number of rotatable bonds is 6. The summed E-state index contributed by atoms with van der Waals surface area (Å²) >= 11 is 0. The molecule has 4 nitrogen and oxygen atoms in total. The molecule has 8 aromatic rings. The lowest BCUT2D eigenvalue weighted by atomic mass is 9.79. The Balaban J connectivity index is 1.07. The molecule has 1 atom stereocenters. The third-order valence-corrected chi connectivity index (χ3v) is 15.0. The van der Waals surface area contributed by atoms with E-state index >= 15 is 0 Å². The second-order valence-electron chi connectivity index (χ2n) is 19.0. The Labute approximate surface area is 375 Å². The van der Waals surface area contributed by atoms with Gasteiger partial charge in [0.05, 0.1) is 29.1 Å². The molecule has 4 heteroatoms. The highest BCUT2D eigenvalue weighted by atomic mass is 15.2. The summed E-state index contributed by atoms with van der Waals surface area (Å²) in [6.07, 6.45) is 13.5. The number of hydrogen-bond acceptors (Lipinski definition) is 4. The molecule has 0 bridgehead atoms. The fourth-order valence-electron chi connectivity index (χ4n) is 11.7. The van der Waals surface area contributed by atoms with Crippen molar-refractivity contribution < 1.29 is 0 Å². The zero-order chi connectivity index (χ0) is 43.5. The number of nitriles is 2. The lowest BCUT2D eigenvalue weighted by Gasteiger charge is -2.32. The number of fused-ring (bicyclic) bond motifs is 6. The molecule has 4 aliphatic carbocycles. The van der Waals surface area contributed by atoms with Crippen molar-refractivity contribution in [1.29, 1.82) is 10.5 Å². The number of allylic oxidation sites excluding steroid dienone is 8. The third-order valence-electron chi connectivity index (χ3n) is 15.0.